The summed E-state index contributed by atoms with van der Waals surface area (Å²) in [5.41, 5.74) is 0. The van der Waals surface area contributed by atoms with Gasteiger partial charge >= 0.3 is 5.97 Å². The van der Waals surface area contributed by atoms with E-state index >= 15 is 0 Å². The van der Waals surface area contributed by atoms with Gasteiger partial charge < -0.3 is 4.74 Å². The van der Waals surface area contributed by atoms with Crippen molar-refractivity contribution in [2.75, 3.05) is 0 Å². The SMILES string of the molecule is C=CC(=O)OC(F)CCCCCCCCCCCCCCC. The highest BCUT2D eigenvalue weighted by Crippen LogP contribution is 2.14. The molecule has 0 aromatic rings. The molecule has 0 amide bonds. The minimum atomic E-state index is -1.47. The summed E-state index contributed by atoms with van der Waals surface area (Å²) in [6, 6.07) is 0. The van der Waals surface area contributed by atoms with E-state index in [1.54, 1.807) is 0 Å². The molecule has 1 atom stereocenters. The summed E-state index contributed by atoms with van der Waals surface area (Å²) in [7, 11) is 0. The average molecular weight is 314 g/mol. The third-order valence-electron chi connectivity index (χ3n) is 3.95. The molecule has 0 aliphatic carbocycles. The number of rotatable bonds is 16. The van der Waals surface area contributed by atoms with E-state index in [4.69, 9.17) is 0 Å². The number of esters is 1. The molecular formula is C19H35FO2. The van der Waals surface area contributed by atoms with Crippen LogP contribution in [0.2, 0.25) is 0 Å². The first-order valence-corrected chi connectivity index (χ1v) is 9.17. The van der Waals surface area contributed by atoms with Crippen molar-refractivity contribution < 1.29 is 13.9 Å². The standard InChI is InChI=1S/C19H35FO2/c1-3-5-6-7-8-9-10-11-12-13-14-15-16-17-18(20)22-19(21)4-2/h4,18H,2-3,5-17H2,1H3. The van der Waals surface area contributed by atoms with Crippen molar-refractivity contribution in [1.82, 2.24) is 0 Å². The zero-order chi connectivity index (χ0) is 16.5. The summed E-state index contributed by atoms with van der Waals surface area (Å²) >= 11 is 0. The molecule has 0 N–H and O–H groups in total. The molecule has 0 saturated heterocycles. The summed E-state index contributed by atoms with van der Waals surface area (Å²) < 4.78 is 17.7. The number of ether oxygens (including phenoxy) is 1. The van der Waals surface area contributed by atoms with Gasteiger partial charge in [-0.25, -0.2) is 9.18 Å². The first kappa shape index (κ1) is 21.1. The van der Waals surface area contributed by atoms with Gasteiger partial charge in [0.25, 0.3) is 0 Å². The Hall–Kier alpha value is -0.860. The van der Waals surface area contributed by atoms with E-state index in [2.05, 4.69) is 18.2 Å². The van der Waals surface area contributed by atoms with Crippen molar-refractivity contribution in [2.24, 2.45) is 0 Å². The van der Waals surface area contributed by atoms with E-state index in [9.17, 15) is 9.18 Å². The van der Waals surface area contributed by atoms with E-state index in [0.717, 1.165) is 25.3 Å². The largest absolute Gasteiger partial charge is 0.428 e. The van der Waals surface area contributed by atoms with Crippen LogP contribution in [0.5, 0.6) is 0 Å². The molecule has 0 spiro atoms. The highest BCUT2D eigenvalue weighted by Gasteiger charge is 2.09. The molecule has 0 bridgehead atoms. The van der Waals surface area contributed by atoms with Crippen LogP contribution < -0.4 is 0 Å². The van der Waals surface area contributed by atoms with Gasteiger partial charge in [0.15, 0.2) is 0 Å². The van der Waals surface area contributed by atoms with E-state index in [0.29, 0.717) is 6.42 Å². The van der Waals surface area contributed by atoms with Crippen molar-refractivity contribution in [2.45, 2.75) is 103 Å². The average Bonchev–Trinajstić information content (AvgIpc) is 2.51. The van der Waals surface area contributed by atoms with Gasteiger partial charge in [0.1, 0.15) is 0 Å². The number of unbranched alkanes of at least 4 members (excludes halogenated alkanes) is 12. The van der Waals surface area contributed by atoms with Gasteiger partial charge in [0.05, 0.1) is 0 Å². The summed E-state index contributed by atoms with van der Waals surface area (Å²) in [6.07, 6.45) is 16.3. The van der Waals surface area contributed by atoms with Crippen molar-refractivity contribution in [1.29, 1.82) is 0 Å². The number of carbonyl (C=O) groups excluding carboxylic acids is 1. The Labute approximate surface area is 136 Å². The maximum Gasteiger partial charge on any atom is 0.332 e. The number of hydrogen-bond donors (Lipinski definition) is 0. The summed E-state index contributed by atoms with van der Waals surface area (Å²) in [6.45, 7) is 5.49. The van der Waals surface area contributed by atoms with Crippen LogP contribution in [0.4, 0.5) is 4.39 Å². The van der Waals surface area contributed by atoms with Crippen molar-refractivity contribution in [3.63, 3.8) is 0 Å². The third-order valence-corrected chi connectivity index (χ3v) is 3.95. The van der Waals surface area contributed by atoms with Gasteiger partial charge in [-0.1, -0.05) is 90.6 Å². The van der Waals surface area contributed by atoms with Crippen LogP contribution in [0.25, 0.3) is 0 Å². The molecule has 0 aromatic carbocycles. The fraction of sp³-hybridized carbons (Fsp3) is 0.842. The summed E-state index contributed by atoms with van der Waals surface area (Å²) in [4.78, 5) is 10.8. The molecular weight excluding hydrogens is 279 g/mol. The number of halogens is 1. The maximum absolute atomic E-state index is 13.2. The van der Waals surface area contributed by atoms with Crippen molar-refractivity contribution in [3.05, 3.63) is 12.7 Å². The lowest BCUT2D eigenvalue weighted by Gasteiger charge is -2.08. The Balaban J connectivity index is 3.14. The molecule has 0 aliphatic heterocycles. The van der Waals surface area contributed by atoms with Crippen molar-refractivity contribution >= 4 is 5.97 Å². The minimum absolute atomic E-state index is 0.303. The van der Waals surface area contributed by atoms with Crippen molar-refractivity contribution in [3.8, 4) is 0 Å². The lowest BCUT2D eigenvalue weighted by atomic mass is 10.0. The molecule has 2 nitrogen and oxygen atoms in total. The Kier molecular flexibility index (Phi) is 15.9. The quantitative estimate of drug-likeness (QED) is 0.185. The molecule has 0 aromatic heterocycles. The van der Waals surface area contributed by atoms with Gasteiger partial charge in [-0.3, -0.25) is 0 Å². The fourth-order valence-electron chi connectivity index (χ4n) is 2.56. The van der Waals surface area contributed by atoms with Crippen LogP contribution in [-0.4, -0.2) is 12.3 Å². The molecule has 0 saturated carbocycles. The van der Waals surface area contributed by atoms with Gasteiger partial charge in [-0.05, 0) is 6.42 Å². The van der Waals surface area contributed by atoms with E-state index < -0.39 is 12.3 Å². The zero-order valence-electron chi connectivity index (χ0n) is 14.5. The summed E-state index contributed by atoms with van der Waals surface area (Å²) in [5.74, 6) is -0.679. The van der Waals surface area contributed by atoms with E-state index in [1.165, 1.54) is 64.2 Å². The van der Waals surface area contributed by atoms with Crippen LogP contribution in [0.1, 0.15) is 96.8 Å². The topological polar surface area (TPSA) is 26.3 Å². The predicted molar refractivity (Wildman–Crippen MR) is 91.5 cm³/mol. The molecule has 0 heterocycles. The zero-order valence-corrected chi connectivity index (χ0v) is 14.5. The smallest absolute Gasteiger partial charge is 0.332 e. The van der Waals surface area contributed by atoms with Crippen LogP contribution in [-0.2, 0) is 9.53 Å². The minimum Gasteiger partial charge on any atom is -0.428 e. The Morgan fingerprint density at radius 3 is 1.73 bits per heavy atom. The van der Waals surface area contributed by atoms with Crippen LogP contribution >= 0.6 is 0 Å². The maximum atomic E-state index is 13.2. The fourth-order valence-corrected chi connectivity index (χ4v) is 2.56. The van der Waals surface area contributed by atoms with Crippen LogP contribution in [0.15, 0.2) is 12.7 Å². The van der Waals surface area contributed by atoms with Gasteiger partial charge in [0.2, 0.25) is 6.36 Å². The third kappa shape index (κ3) is 15.5. The van der Waals surface area contributed by atoms with Crippen LogP contribution in [0.3, 0.4) is 0 Å². The molecule has 1 unspecified atom stereocenters. The predicted octanol–water partition coefficient (Wildman–Crippen LogP) is 6.49. The monoisotopic (exact) mass is 314 g/mol. The Morgan fingerprint density at radius 1 is 0.909 bits per heavy atom. The second kappa shape index (κ2) is 16.5. The molecule has 0 aliphatic rings. The first-order valence-electron chi connectivity index (χ1n) is 9.17. The lowest BCUT2D eigenvalue weighted by molar-refractivity contribution is -0.152. The second-order valence-corrected chi connectivity index (χ2v) is 6.08. The van der Waals surface area contributed by atoms with Crippen LogP contribution in [0, 0.1) is 0 Å². The van der Waals surface area contributed by atoms with Gasteiger partial charge in [-0.15, -0.1) is 0 Å². The molecule has 0 rings (SSSR count). The lowest BCUT2D eigenvalue weighted by Crippen LogP contribution is -2.11. The van der Waals surface area contributed by atoms with E-state index in [1.807, 2.05) is 0 Å². The molecule has 0 fully saturated rings. The highest BCUT2D eigenvalue weighted by molar-refractivity contribution is 5.81. The number of hydrogen-bond acceptors (Lipinski definition) is 2. The van der Waals surface area contributed by atoms with Gasteiger partial charge in [-0.2, -0.15) is 0 Å². The molecule has 130 valence electrons. The van der Waals surface area contributed by atoms with Gasteiger partial charge in [0, 0.05) is 12.5 Å². The first-order chi connectivity index (χ1) is 10.7. The Morgan fingerprint density at radius 2 is 1.32 bits per heavy atom. The Bertz CT molecular complexity index is 266. The highest BCUT2D eigenvalue weighted by atomic mass is 19.1. The number of carbonyl (C=O) groups is 1. The normalized spacial score (nSPS) is 12.1. The number of alkyl halides is 1. The van der Waals surface area contributed by atoms with E-state index in [-0.39, 0.29) is 0 Å². The molecule has 3 heteroatoms. The molecule has 0 radical (unpaired) electrons. The second-order valence-electron chi connectivity index (χ2n) is 6.08. The molecule has 22 heavy (non-hydrogen) atoms. The summed E-state index contributed by atoms with van der Waals surface area (Å²) in [5, 5.41) is 0.